The van der Waals surface area contributed by atoms with Crippen molar-refractivity contribution in [2.24, 2.45) is 13.0 Å². The molecule has 0 atom stereocenters. The number of aryl methyl sites for hydroxylation is 1. The molecule has 2 aromatic rings. The summed E-state index contributed by atoms with van der Waals surface area (Å²) in [4.78, 5) is 4.75. The molecule has 2 heterocycles. The van der Waals surface area contributed by atoms with E-state index in [1.165, 1.54) is 22.6 Å². The third-order valence-corrected chi connectivity index (χ3v) is 3.50. The highest BCUT2D eigenvalue weighted by Gasteiger charge is 2.15. The Hall–Kier alpha value is -1.51. The van der Waals surface area contributed by atoms with E-state index in [-0.39, 0.29) is 0 Å². The number of rotatable bonds is 2. The first-order valence-electron chi connectivity index (χ1n) is 6.37. The van der Waals surface area contributed by atoms with Crippen LogP contribution < -0.4 is 5.32 Å². The van der Waals surface area contributed by atoms with Crippen LogP contribution in [0.25, 0.3) is 11.0 Å². The maximum Gasteiger partial charge on any atom is 0.109 e. The number of imidazole rings is 1. The SMILES string of the molecule is CC(C)Cc1nc2cc3c(cc2n1C)CCN3. The number of hydrogen-bond acceptors (Lipinski definition) is 2. The number of hydrogen-bond donors (Lipinski definition) is 1. The van der Waals surface area contributed by atoms with Crippen LogP contribution in [0.3, 0.4) is 0 Å². The van der Waals surface area contributed by atoms with Gasteiger partial charge in [0.2, 0.25) is 0 Å². The summed E-state index contributed by atoms with van der Waals surface area (Å²) in [5.74, 6) is 1.84. The average Bonchev–Trinajstić information content (AvgIpc) is 2.82. The lowest BCUT2D eigenvalue weighted by molar-refractivity contribution is 0.606. The minimum Gasteiger partial charge on any atom is -0.384 e. The van der Waals surface area contributed by atoms with Gasteiger partial charge in [0.25, 0.3) is 0 Å². The summed E-state index contributed by atoms with van der Waals surface area (Å²) in [5, 5.41) is 3.41. The summed E-state index contributed by atoms with van der Waals surface area (Å²) in [6.45, 7) is 5.53. The van der Waals surface area contributed by atoms with Crippen molar-refractivity contribution in [2.75, 3.05) is 11.9 Å². The van der Waals surface area contributed by atoms with E-state index in [1.807, 2.05) is 0 Å². The lowest BCUT2D eigenvalue weighted by Crippen LogP contribution is -2.02. The van der Waals surface area contributed by atoms with E-state index in [0.717, 1.165) is 24.9 Å². The van der Waals surface area contributed by atoms with Gasteiger partial charge in [-0.25, -0.2) is 4.98 Å². The largest absolute Gasteiger partial charge is 0.384 e. The molecule has 3 nitrogen and oxygen atoms in total. The van der Waals surface area contributed by atoms with Crippen LogP contribution in [0.5, 0.6) is 0 Å². The first-order valence-corrected chi connectivity index (χ1v) is 6.37. The molecule has 0 saturated carbocycles. The van der Waals surface area contributed by atoms with E-state index < -0.39 is 0 Å². The minimum atomic E-state index is 0.649. The maximum absolute atomic E-state index is 4.75. The lowest BCUT2D eigenvalue weighted by Gasteiger charge is -2.05. The van der Waals surface area contributed by atoms with Crippen molar-refractivity contribution in [3.05, 3.63) is 23.5 Å². The molecule has 1 aliphatic heterocycles. The maximum atomic E-state index is 4.75. The van der Waals surface area contributed by atoms with E-state index in [4.69, 9.17) is 4.98 Å². The van der Waals surface area contributed by atoms with Crippen LogP contribution >= 0.6 is 0 Å². The second-order valence-electron chi connectivity index (χ2n) is 5.36. The van der Waals surface area contributed by atoms with E-state index in [9.17, 15) is 0 Å². The standard InChI is InChI=1S/C14H19N3/c1-9(2)6-14-16-12-8-11-10(4-5-15-11)7-13(12)17(14)3/h7-9,15H,4-6H2,1-3H3. The van der Waals surface area contributed by atoms with E-state index in [1.54, 1.807) is 0 Å². The van der Waals surface area contributed by atoms with Crippen molar-refractivity contribution in [3.8, 4) is 0 Å². The fourth-order valence-corrected chi connectivity index (χ4v) is 2.58. The molecule has 1 aromatic carbocycles. The molecule has 0 radical (unpaired) electrons. The zero-order valence-electron chi connectivity index (χ0n) is 10.7. The normalized spacial score (nSPS) is 14.4. The van der Waals surface area contributed by atoms with Gasteiger partial charge >= 0.3 is 0 Å². The third-order valence-electron chi connectivity index (χ3n) is 3.50. The second kappa shape index (κ2) is 3.76. The molecule has 0 aliphatic carbocycles. The predicted octanol–water partition coefficient (Wildman–Crippen LogP) is 2.74. The highest BCUT2D eigenvalue weighted by Crippen LogP contribution is 2.28. The number of fused-ring (bicyclic) bond motifs is 2. The summed E-state index contributed by atoms with van der Waals surface area (Å²) in [6, 6.07) is 4.49. The summed E-state index contributed by atoms with van der Waals surface area (Å²) in [5.41, 5.74) is 5.09. The molecule has 17 heavy (non-hydrogen) atoms. The lowest BCUT2D eigenvalue weighted by atomic mass is 10.1. The highest BCUT2D eigenvalue weighted by molar-refractivity contribution is 5.83. The number of benzene rings is 1. The molecule has 0 bridgehead atoms. The number of nitrogens with zero attached hydrogens (tertiary/aromatic N) is 2. The van der Waals surface area contributed by atoms with Gasteiger partial charge in [0.1, 0.15) is 5.82 Å². The van der Waals surface area contributed by atoms with E-state index in [2.05, 4.69) is 42.9 Å². The smallest absolute Gasteiger partial charge is 0.109 e. The number of anilines is 1. The fourth-order valence-electron chi connectivity index (χ4n) is 2.58. The Morgan fingerprint density at radius 2 is 2.24 bits per heavy atom. The molecule has 0 spiro atoms. The molecule has 3 rings (SSSR count). The Balaban J connectivity index is 2.14. The Kier molecular flexibility index (Phi) is 2.35. The van der Waals surface area contributed by atoms with Crippen LogP contribution in [-0.2, 0) is 19.9 Å². The summed E-state index contributed by atoms with van der Waals surface area (Å²) >= 11 is 0. The molecule has 1 aliphatic rings. The van der Waals surface area contributed by atoms with Gasteiger partial charge in [-0.15, -0.1) is 0 Å². The van der Waals surface area contributed by atoms with Crippen LogP contribution in [0.1, 0.15) is 25.2 Å². The Labute approximate surface area is 102 Å². The van der Waals surface area contributed by atoms with Crippen LogP contribution in [0.4, 0.5) is 5.69 Å². The first kappa shape index (κ1) is 10.6. The number of nitrogens with one attached hydrogen (secondary N) is 1. The highest BCUT2D eigenvalue weighted by atomic mass is 15.1. The topological polar surface area (TPSA) is 29.9 Å². The van der Waals surface area contributed by atoms with Gasteiger partial charge in [0.15, 0.2) is 0 Å². The minimum absolute atomic E-state index is 0.649. The van der Waals surface area contributed by atoms with Gasteiger partial charge in [-0.3, -0.25) is 0 Å². The molecule has 0 unspecified atom stereocenters. The summed E-state index contributed by atoms with van der Waals surface area (Å²) < 4.78 is 2.24. The molecular formula is C14H19N3. The van der Waals surface area contributed by atoms with Crippen molar-refractivity contribution in [3.63, 3.8) is 0 Å². The van der Waals surface area contributed by atoms with Crippen molar-refractivity contribution in [1.82, 2.24) is 9.55 Å². The van der Waals surface area contributed by atoms with Gasteiger partial charge < -0.3 is 9.88 Å². The van der Waals surface area contributed by atoms with Crippen molar-refractivity contribution < 1.29 is 0 Å². The van der Waals surface area contributed by atoms with Gasteiger partial charge in [-0.05, 0) is 30.0 Å². The summed E-state index contributed by atoms with van der Waals surface area (Å²) in [7, 11) is 2.13. The van der Waals surface area contributed by atoms with E-state index in [0.29, 0.717) is 5.92 Å². The monoisotopic (exact) mass is 229 g/mol. The quantitative estimate of drug-likeness (QED) is 0.858. The van der Waals surface area contributed by atoms with Crippen LogP contribution in [0.2, 0.25) is 0 Å². The molecule has 0 amide bonds. The van der Waals surface area contributed by atoms with Gasteiger partial charge in [0, 0.05) is 25.7 Å². The Morgan fingerprint density at radius 1 is 1.41 bits per heavy atom. The predicted molar refractivity (Wildman–Crippen MR) is 71.4 cm³/mol. The average molecular weight is 229 g/mol. The second-order valence-corrected chi connectivity index (χ2v) is 5.36. The van der Waals surface area contributed by atoms with Crippen LogP contribution in [0, 0.1) is 5.92 Å². The van der Waals surface area contributed by atoms with Gasteiger partial charge in [0.05, 0.1) is 11.0 Å². The molecule has 3 heteroatoms. The van der Waals surface area contributed by atoms with Crippen molar-refractivity contribution in [1.29, 1.82) is 0 Å². The van der Waals surface area contributed by atoms with Crippen molar-refractivity contribution in [2.45, 2.75) is 26.7 Å². The molecule has 90 valence electrons. The Bertz CT molecular complexity index is 566. The fraction of sp³-hybridized carbons (Fsp3) is 0.500. The molecule has 0 saturated heterocycles. The Morgan fingerprint density at radius 3 is 3.00 bits per heavy atom. The third kappa shape index (κ3) is 1.70. The zero-order valence-corrected chi connectivity index (χ0v) is 10.7. The first-order chi connectivity index (χ1) is 8.15. The van der Waals surface area contributed by atoms with Gasteiger partial charge in [-0.2, -0.15) is 0 Å². The summed E-state index contributed by atoms with van der Waals surface area (Å²) in [6.07, 6.45) is 2.18. The molecule has 1 N–H and O–H groups in total. The van der Waals surface area contributed by atoms with Gasteiger partial charge in [-0.1, -0.05) is 13.8 Å². The van der Waals surface area contributed by atoms with Crippen LogP contribution in [0.15, 0.2) is 12.1 Å². The van der Waals surface area contributed by atoms with Crippen molar-refractivity contribution >= 4 is 16.7 Å². The molecule has 0 fully saturated rings. The zero-order chi connectivity index (χ0) is 12.0. The molecular weight excluding hydrogens is 210 g/mol. The van der Waals surface area contributed by atoms with Crippen LogP contribution in [-0.4, -0.2) is 16.1 Å². The van der Waals surface area contributed by atoms with E-state index >= 15 is 0 Å². The molecule has 1 aromatic heterocycles. The number of aromatic nitrogens is 2.